The minimum atomic E-state index is 0.125. The summed E-state index contributed by atoms with van der Waals surface area (Å²) < 4.78 is 5.59. The maximum atomic E-state index is 11.8. The van der Waals surface area contributed by atoms with Crippen LogP contribution in [0.1, 0.15) is 33.1 Å². The fourth-order valence-corrected chi connectivity index (χ4v) is 2.31. The first kappa shape index (κ1) is 17.2. The second-order valence-corrected chi connectivity index (χ2v) is 6.19. The van der Waals surface area contributed by atoms with Crippen LogP contribution >= 0.6 is 0 Å². The molecule has 1 fully saturated rings. The molecule has 0 aliphatic carbocycles. The summed E-state index contributed by atoms with van der Waals surface area (Å²) in [5.74, 6) is 0.710. The van der Waals surface area contributed by atoms with E-state index in [1.54, 1.807) is 19.0 Å². The molecule has 1 heterocycles. The predicted octanol–water partition coefficient (Wildman–Crippen LogP) is 1.78. The summed E-state index contributed by atoms with van der Waals surface area (Å²) in [6.45, 7) is 8.67. The maximum absolute atomic E-state index is 11.8. The van der Waals surface area contributed by atoms with Crippen LogP contribution in [0.3, 0.4) is 0 Å². The smallest absolute Gasteiger partial charge is 0.319 e. The molecular weight excluding hydrogens is 254 g/mol. The Morgan fingerprint density at radius 2 is 1.95 bits per heavy atom. The number of rotatable bonds is 7. The van der Waals surface area contributed by atoms with E-state index in [2.05, 4.69) is 19.2 Å². The summed E-state index contributed by atoms with van der Waals surface area (Å²) >= 11 is 0. The number of likely N-dealkylation sites (tertiary alicyclic amines) is 1. The summed E-state index contributed by atoms with van der Waals surface area (Å²) in [6, 6.07) is 0.648. The van der Waals surface area contributed by atoms with Crippen molar-refractivity contribution in [3.63, 3.8) is 0 Å². The number of piperidine rings is 1. The second-order valence-electron chi connectivity index (χ2n) is 6.19. The normalized spacial score (nSPS) is 16.8. The zero-order chi connectivity index (χ0) is 15.0. The first-order valence-electron chi connectivity index (χ1n) is 7.78. The molecule has 1 N–H and O–H groups in total. The number of hydrogen-bond acceptors (Lipinski definition) is 3. The number of ether oxygens (including phenoxy) is 1. The standard InChI is InChI=1S/C15H31N3O2/c1-13(2)7-11-20-12-8-16-14-5-9-18(10-6-14)15(19)17(3)4/h13-14,16H,5-12H2,1-4H3. The summed E-state index contributed by atoms with van der Waals surface area (Å²) in [7, 11) is 3.61. The average Bonchev–Trinajstić information content (AvgIpc) is 2.42. The molecule has 0 aromatic rings. The van der Waals surface area contributed by atoms with Crippen LogP contribution in [0.25, 0.3) is 0 Å². The topological polar surface area (TPSA) is 44.8 Å². The Hall–Kier alpha value is -0.810. The van der Waals surface area contributed by atoms with Crippen molar-refractivity contribution in [2.75, 3.05) is 46.9 Å². The molecule has 20 heavy (non-hydrogen) atoms. The highest BCUT2D eigenvalue weighted by atomic mass is 16.5. The van der Waals surface area contributed by atoms with Gasteiger partial charge in [0, 0.05) is 46.4 Å². The minimum Gasteiger partial charge on any atom is -0.380 e. The third kappa shape index (κ3) is 6.57. The van der Waals surface area contributed by atoms with Crippen LogP contribution in [-0.2, 0) is 4.74 Å². The maximum Gasteiger partial charge on any atom is 0.319 e. The van der Waals surface area contributed by atoms with Crippen LogP contribution in [0.5, 0.6) is 0 Å². The van der Waals surface area contributed by atoms with E-state index in [1.165, 1.54) is 0 Å². The van der Waals surface area contributed by atoms with E-state index in [4.69, 9.17) is 4.74 Å². The summed E-state index contributed by atoms with van der Waals surface area (Å²) in [6.07, 6.45) is 3.20. The van der Waals surface area contributed by atoms with Gasteiger partial charge >= 0.3 is 6.03 Å². The number of urea groups is 1. The van der Waals surface area contributed by atoms with Crippen molar-refractivity contribution >= 4 is 6.03 Å². The molecule has 0 unspecified atom stereocenters. The van der Waals surface area contributed by atoms with Crippen LogP contribution in [0.15, 0.2) is 0 Å². The zero-order valence-corrected chi connectivity index (χ0v) is 13.5. The fraction of sp³-hybridized carbons (Fsp3) is 0.933. The van der Waals surface area contributed by atoms with Crippen molar-refractivity contribution in [2.45, 2.75) is 39.2 Å². The lowest BCUT2D eigenvalue weighted by atomic mass is 10.1. The minimum absolute atomic E-state index is 0.125. The van der Waals surface area contributed by atoms with Crippen molar-refractivity contribution in [1.29, 1.82) is 0 Å². The average molecular weight is 285 g/mol. The Bertz CT molecular complexity index is 274. The van der Waals surface area contributed by atoms with Gasteiger partial charge in [-0.15, -0.1) is 0 Å². The number of carbonyl (C=O) groups is 1. The SMILES string of the molecule is CC(C)CCOCCNC1CCN(C(=O)N(C)C)CC1. The van der Waals surface area contributed by atoms with E-state index in [0.717, 1.165) is 52.1 Å². The largest absolute Gasteiger partial charge is 0.380 e. The number of carbonyl (C=O) groups excluding carboxylic acids is 1. The third-order valence-electron chi connectivity index (χ3n) is 3.67. The quantitative estimate of drug-likeness (QED) is 0.725. The molecule has 1 aliphatic rings. The molecule has 118 valence electrons. The number of hydrogen-bond donors (Lipinski definition) is 1. The molecule has 0 saturated carbocycles. The zero-order valence-electron chi connectivity index (χ0n) is 13.5. The number of nitrogens with zero attached hydrogens (tertiary/aromatic N) is 2. The molecule has 0 bridgehead atoms. The molecule has 2 amide bonds. The van der Waals surface area contributed by atoms with Gasteiger partial charge in [0.15, 0.2) is 0 Å². The molecule has 0 radical (unpaired) electrons. The van der Waals surface area contributed by atoms with Gasteiger partial charge in [-0.3, -0.25) is 0 Å². The highest BCUT2D eigenvalue weighted by Crippen LogP contribution is 2.11. The molecule has 1 aliphatic heterocycles. The molecule has 5 heteroatoms. The first-order chi connectivity index (χ1) is 9.50. The summed E-state index contributed by atoms with van der Waals surface area (Å²) in [5.41, 5.74) is 0. The lowest BCUT2D eigenvalue weighted by Gasteiger charge is -2.34. The van der Waals surface area contributed by atoms with Gasteiger partial charge < -0.3 is 19.9 Å². The molecule has 1 saturated heterocycles. The molecule has 0 atom stereocenters. The molecule has 5 nitrogen and oxygen atoms in total. The highest BCUT2D eigenvalue weighted by Gasteiger charge is 2.23. The molecule has 0 aromatic heterocycles. The van der Waals surface area contributed by atoms with Gasteiger partial charge in [0.25, 0.3) is 0 Å². The van der Waals surface area contributed by atoms with Crippen molar-refractivity contribution < 1.29 is 9.53 Å². The summed E-state index contributed by atoms with van der Waals surface area (Å²) in [5, 5.41) is 3.52. The Morgan fingerprint density at radius 1 is 1.30 bits per heavy atom. The second kappa shape index (κ2) is 9.19. The van der Waals surface area contributed by atoms with Gasteiger partial charge in [-0.2, -0.15) is 0 Å². The Kier molecular flexibility index (Phi) is 7.92. The van der Waals surface area contributed by atoms with E-state index in [1.807, 2.05) is 4.90 Å². The van der Waals surface area contributed by atoms with E-state index in [9.17, 15) is 4.79 Å². The molecule has 0 aromatic carbocycles. The van der Waals surface area contributed by atoms with Gasteiger partial charge in [-0.05, 0) is 25.2 Å². The highest BCUT2D eigenvalue weighted by molar-refractivity contribution is 5.73. The van der Waals surface area contributed by atoms with Crippen LogP contribution in [0.2, 0.25) is 0 Å². The van der Waals surface area contributed by atoms with Gasteiger partial charge in [0.1, 0.15) is 0 Å². The van der Waals surface area contributed by atoms with Crippen LogP contribution in [-0.4, -0.2) is 68.8 Å². The lowest BCUT2D eigenvalue weighted by Crippen LogP contribution is -2.48. The number of amides is 2. The van der Waals surface area contributed by atoms with Crippen molar-refractivity contribution in [3.8, 4) is 0 Å². The van der Waals surface area contributed by atoms with Crippen molar-refractivity contribution in [3.05, 3.63) is 0 Å². The van der Waals surface area contributed by atoms with Gasteiger partial charge in [-0.25, -0.2) is 4.79 Å². The van der Waals surface area contributed by atoms with E-state index in [0.29, 0.717) is 12.0 Å². The van der Waals surface area contributed by atoms with Crippen molar-refractivity contribution in [1.82, 2.24) is 15.1 Å². The van der Waals surface area contributed by atoms with E-state index < -0.39 is 0 Å². The first-order valence-corrected chi connectivity index (χ1v) is 7.78. The van der Waals surface area contributed by atoms with Crippen molar-refractivity contribution in [2.24, 2.45) is 5.92 Å². The Morgan fingerprint density at radius 3 is 2.50 bits per heavy atom. The Labute approximate surface area is 123 Å². The van der Waals surface area contributed by atoms with Gasteiger partial charge in [-0.1, -0.05) is 13.8 Å². The molecule has 1 rings (SSSR count). The van der Waals surface area contributed by atoms with Crippen LogP contribution < -0.4 is 5.32 Å². The van der Waals surface area contributed by atoms with Gasteiger partial charge in [0.2, 0.25) is 0 Å². The molecule has 0 spiro atoms. The number of nitrogens with one attached hydrogen (secondary N) is 1. The fourth-order valence-electron chi connectivity index (χ4n) is 2.31. The Balaban J connectivity index is 2.04. The third-order valence-corrected chi connectivity index (χ3v) is 3.67. The predicted molar refractivity (Wildman–Crippen MR) is 82.0 cm³/mol. The van der Waals surface area contributed by atoms with E-state index >= 15 is 0 Å². The lowest BCUT2D eigenvalue weighted by molar-refractivity contribution is 0.118. The van der Waals surface area contributed by atoms with Gasteiger partial charge in [0.05, 0.1) is 6.61 Å². The van der Waals surface area contributed by atoms with Crippen LogP contribution in [0.4, 0.5) is 4.79 Å². The summed E-state index contributed by atoms with van der Waals surface area (Å²) in [4.78, 5) is 15.4. The molecular formula is C15H31N3O2. The van der Waals surface area contributed by atoms with Crippen LogP contribution in [0, 0.1) is 5.92 Å². The van der Waals surface area contributed by atoms with E-state index in [-0.39, 0.29) is 6.03 Å². The monoisotopic (exact) mass is 285 g/mol.